The Balaban J connectivity index is 1.84. The number of hydrogen-bond donors (Lipinski definition) is 0. The number of para-hydroxylation sites is 1. The minimum Gasteiger partial charge on any atom is -0.481 e. The summed E-state index contributed by atoms with van der Waals surface area (Å²) in [6.45, 7) is 3.20. The summed E-state index contributed by atoms with van der Waals surface area (Å²) in [6.07, 6.45) is -2.71. The van der Waals surface area contributed by atoms with Crippen molar-refractivity contribution < 1.29 is 31.1 Å². The van der Waals surface area contributed by atoms with Crippen LogP contribution in [-0.4, -0.2) is 57.6 Å². The number of ether oxygens (including phenoxy) is 2. The van der Waals surface area contributed by atoms with E-state index in [1.165, 1.54) is 57.8 Å². The van der Waals surface area contributed by atoms with Gasteiger partial charge in [0.2, 0.25) is 5.88 Å². The number of aryl methyl sites for hydroxylation is 1. The molecule has 0 amide bonds. The van der Waals surface area contributed by atoms with Gasteiger partial charge in [0.1, 0.15) is 17.6 Å². The number of methoxy groups -OCH3 is 2. The minimum atomic E-state index is -4.74. The van der Waals surface area contributed by atoms with E-state index in [-0.39, 0.29) is 34.7 Å². The molecule has 0 unspecified atom stereocenters. The normalized spacial score (nSPS) is 13.7. The SMILES string of the molecule is COc1cccc(-c2nnc(CS(=O)(=O)[C@@H](C)[C@H](OC)c3ncc(C)cn3)n2-c2ccccc2C(F)(F)F)n1. The number of nitrogens with zero attached hydrogens (tertiary/aromatic N) is 6. The summed E-state index contributed by atoms with van der Waals surface area (Å²) in [5, 5.41) is 6.87. The van der Waals surface area contributed by atoms with Crippen molar-refractivity contribution in [2.75, 3.05) is 14.2 Å². The highest BCUT2D eigenvalue weighted by Gasteiger charge is 2.37. The zero-order valence-corrected chi connectivity index (χ0v) is 22.2. The molecule has 0 bridgehead atoms. The van der Waals surface area contributed by atoms with Crippen molar-refractivity contribution in [3.05, 3.63) is 77.6 Å². The van der Waals surface area contributed by atoms with Crippen molar-refractivity contribution in [3.8, 4) is 23.1 Å². The molecule has 0 aliphatic rings. The monoisotopic (exact) mass is 562 g/mol. The molecule has 0 saturated carbocycles. The molecule has 206 valence electrons. The maximum atomic E-state index is 14.0. The Hall–Kier alpha value is -3.91. The number of sulfone groups is 1. The molecule has 4 aromatic rings. The van der Waals surface area contributed by atoms with E-state index in [2.05, 4.69) is 25.1 Å². The van der Waals surface area contributed by atoms with Crippen LogP contribution in [0.4, 0.5) is 13.2 Å². The summed E-state index contributed by atoms with van der Waals surface area (Å²) in [7, 11) is -1.38. The fraction of sp³-hybridized carbons (Fsp3) is 0.320. The smallest absolute Gasteiger partial charge is 0.418 e. The molecule has 0 aliphatic carbocycles. The number of pyridine rings is 1. The molecule has 0 N–H and O–H groups in total. The lowest BCUT2D eigenvalue weighted by atomic mass is 10.1. The van der Waals surface area contributed by atoms with Crippen molar-refractivity contribution in [3.63, 3.8) is 0 Å². The number of benzene rings is 1. The minimum absolute atomic E-state index is 0.0892. The van der Waals surface area contributed by atoms with E-state index in [4.69, 9.17) is 9.47 Å². The van der Waals surface area contributed by atoms with Crippen LogP contribution in [-0.2, 0) is 26.5 Å². The van der Waals surface area contributed by atoms with Crippen LogP contribution in [0.3, 0.4) is 0 Å². The molecule has 4 rings (SSSR count). The first kappa shape index (κ1) is 28.1. The van der Waals surface area contributed by atoms with Crippen molar-refractivity contribution in [1.29, 1.82) is 0 Å². The topological polar surface area (TPSA) is 122 Å². The summed E-state index contributed by atoms with van der Waals surface area (Å²) in [4.78, 5) is 12.6. The average molecular weight is 563 g/mol. The molecule has 2 atom stereocenters. The van der Waals surface area contributed by atoms with E-state index in [0.717, 1.165) is 16.2 Å². The molecule has 14 heteroatoms. The summed E-state index contributed by atoms with van der Waals surface area (Å²) in [6, 6.07) is 9.41. The van der Waals surface area contributed by atoms with Crippen molar-refractivity contribution >= 4 is 9.84 Å². The van der Waals surface area contributed by atoms with Gasteiger partial charge in [-0.3, -0.25) is 4.57 Å². The van der Waals surface area contributed by atoms with Gasteiger partial charge in [-0.15, -0.1) is 10.2 Å². The molecule has 0 fully saturated rings. The third-order valence-electron chi connectivity index (χ3n) is 5.97. The van der Waals surface area contributed by atoms with Crippen LogP contribution in [0.15, 0.2) is 54.9 Å². The zero-order chi connectivity index (χ0) is 28.4. The van der Waals surface area contributed by atoms with Gasteiger partial charge in [0.25, 0.3) is 0 Å². The van der Waals surface area contributed by atoms with E-state index in [1.54, 1.807) is 19.1 Å². The molecule has 3 aromatic heterocycles. The number of aromatic nitrogens is 6. The quantitative estimate of drug-likeness (QED) is 0.296. The standard InChI is InChI=1S/C25H25F3N6O4S/c1-15-12-29-23(30-13-15)22(38-4)16(2)39(35,36)14-20-32-33-24(18-9-7-11-21(31-18)37-3)34(20)19-10-6-5-8-17(19)25(26,27)28/h5-13,16,22H,14H2,1-4H3/t16-,22-/m0/s1. The van der Waals surface area contributed by atoms with Gasteiger partial charge in [-0.25, -0.2) is 23.4 Å². The molecular weight excluding hydrogens is 537 g/mol. The molecule has 1 aromatic carbocycles. The van der Waals surface area contributed by atoms with Crippen LogP contribution < -0.4 is 4.74 Å². The lowest BCUT2D eigenvalue weighted by Crippen LogP contribution is -2.30. The Kier molecular flexibility index (Phi) is 7.97. The second-order valence-corrected chi connectivity index (χ2v) is 11.0. The molecule has 0 spiro atoms. The van der Waals surface area contributed by atoms with Gasteiger partial charge in [-0.1, -0.05) is 18.2 Å². The number of hydrogen-bond acceptors (Lipinski definition) is 9. The summed E-state index contributed by atoms with van der Waals surface area (Å²) >= 11 is 0. The third kappa shape index (κ3) is 5.91. The fourth-order valence-electron chi connectivity index (χ4n) is 3.95. The number of rotatable bonds is 9. The molecule has 0 aliphatic heterocycles. The Morgan fingerprint density at radius 1 is 1.00 bits per heavy atom. The van der Waals surface area contributed by atoms with E-state index < -0.39 is 38.7 Å². The third-order valence-corrected chi connectivity index (χ3v) is 8.02. The highest BCUT2D eigenvalue weighted by Crippen LogP contribution is 2.36. The number of halogens is 3. The van der Waals surface area contributed by atoms with Crippen molar-refractivity contribution in [2.24, 2.45) is 0 Å². The van der Waals surface area contributed by atoms with Gasteiger partial charge in [-0.05, 0) is 37.6 Å². The summed E-state index contributed by atoms with van der Waals surface area (Å²) in [5.74, 6) is -0.728. The van der Waals surface area contributed by atoms with Gasteiger partial charge in [0.15, 0.2) is 27.3 Å². The Morgan fingerprint density at radius 2 is 1.69 bits per heavy atom. The lowest BCUT2D eigenvalue weighted by Gasteiger charge is -2.22. The molecular formula is C25H25F3N6O4S. The molecule has 0 radical (unpaired) electrons. The molecule has 39 heavy (non-hydrogen) atoms. The lowest BCUT2D eigenvalue weighted by molar-refractivity contribution is -0.137. The van der Waals surface area contributed by atoms with E-state index >= 15 is 0 Å². The first-order valence-electron chi connectivity index (χ1n) is 11.6. The molecule has 0 saturated heterocycles. The van der Waals surface area contributed by atoms with E-state index in [9.17, 15) is 21.6 Å². The van der Waals surface area contributed by atoms with E-state index in [1.807, 2.05) is 0 Å². The van der Waals surface area contributed by atoms with Crippen LogP contribution in [0, 0.1) is 6.92 Å². The molecule has 10 nitrogen and oxygen atoms in total. The number of alkyl halides is 3. The molecule has 3 heterocycles. The highest BCUT2D eigenvalue weighted by atomic mass is 32.2. The first-order chi connectivity index (χ1) is 18.5. The van der Waals surface area contributed by atoms with Crippen LogP contribution in [0.5, 0.6) is 5.88 Å². The zero-order valence-electron chi connectivity index (χ0n) is 21.4. The van der Waals surface area contributed by atoms with Gasteiger partial charge in [0, 0.05) is 25.6 Å². The predicted octanol–water partition coefficient (Wildman–Crippen LogP) is 4.15. The van der Waals surface area contributed by atoms with Crippen LogP contribution in [0.2, 0.25) is 0 Å². The summed E-state index contributed by atoms with van der Waals surface area (Å²) < 4.78 is 80.8. The first-order valence-corrected chi connectivity index (χ1v) is 13.3. The average Bonchev–Trinajstić information content (AvgIpc) is 3.32. The van der Waals surface area contributed by atoms with Crippen LogP contribution in [0.25, 0.3) is 17.2 Å². The largest absolute Gasteiger partial charge is 0.481 e. The van der Waals surface area contributed by atoms with Crippen molar-refractivity contribution in [2.45, 2.75) is 37.1 Å². The van der Waals surface area contributed by atoms with Gasteiger partial charge < -0.3 is 9.47 Å². The highest BCUT2D eigenvalue weighted by molar-refractivity contribution is 7.91. The van der Waals surface area contributed by atoms with Gasteiger partial charge in [0.05, 0.1) is 23.6 Å². The van der Waals surface area contributed by atoms with Crippen LogP contribution in [0.1, 0.15) is 35.8 Å². The maximum Gasteiger partial charge on any atom is 0.418 e. The Labute approximate surface area is 222 Å². The fourth-order valence-corrected chi connectivity index (χ4v) is 5.37. The maximum absolute atomic E-state index is 14.0. The van der Waals surface area contributed by atoms with Gasteiger partial charge in [-0.2, -0.15) is 13.2 Å². The second kappa shape index (κ2) is 11.1. The van der Waals surface area contributed by atoms with Crippen LogP contribution >= 0.6 is 0 Å². The second-order valence-electron chi connectivity index (χ2n) is 8.64. The Morgan fingerprint density at radius 3 is 2.33 bits per heavy atom. The van der Waals surface area contributed by atoms with Crippen molar-refractivity contribution in [1.82, 2.24) is 29.7 Å². The Bertz CT molecular complexity index is 1560. The van der Waals surface area contributed by atoms with E-state index in [0.29, 0.717) is 0 Å². The summed E-state index contributed by atoms with van der Waals surface area (Å²) in [5.41, 5.74) is -0.432. The van der Waals surface area contributed by atoms with Gasteiger partial charge >= 0.3 is 6.18 Å². The predicted molar refractivity (Wildman–Crippen MR) is 135 cm³/mol.